The maximum Gasteiger partial charge on any atom is 0.294 e. The van der Waals surface area contributed by atoms with Crippen LogP contribution in [0.3, 0.4) is 0 Å². The van der Waals surface area contributed by atoms with Gasteiger partial charge in [0.25, 0.3) is 5.56 Å². The summed E-state index contributed by atoms with van der Waals surface area (Å²) in [7, 11) is 0. The van der Waals surface area contributed by atoms with E-state index in [-0.39, 0.29) is 23.8 Å². The molecule has 1 amide bonds. The predicted octanol–water partition coefficient (Wildman–Crippen LogP) is 2.61. The fraction of sp³-hybridized carbons (Fsp3) is 0.296. The number of hydrogen-bond donors (Lipinski definition) is 4. The zero-order valence-electron chi connectivity index (χ0n) is 20.6. The van der Waals surface area contributed by atoms with Crippen molar-refractivity contribution in [2.24, 2.45) is 5.73 Å². The van der Waals surface area contributed by atoms with Crippen LogP contribution in [0.25, 0.3) is 10.9 Å². The average molecular weight is 489 g/mol. The molecular weight excluding hydrogens is 456 g/mol. The van der Waals surface area contributed by atoms with E-state index in [0.29, 0.717) is 31.8 Å². The van der Waals surface area contributed by atoms with Gasteiger partial charge < -0.3 is 26.1 Å². The number of aryl methyl sites for hydroxylation is 2. The highest BCUT2D eigenvalue weighted by molar-refractivity contribution is 5.83. The van der Waals surface area contributed by atoms with Gasteiger partial charge in [-0.05, 0) is 42.7 Å². The predicted molar refractivity (Wildman–Crippen MR) is 141 cm³/mol. The van der Waals surface area contributed by atoms with E-state index in [2.05, 4.69) is 26.7 Å². The summed E-state index contributed by atoms with van der Waals surface area (Å²) in [6.07, 6.45) is 3.57. The highest BCUT2D eigenvalue weighted by atomic mass is 16.5. The Balaban J connectivity index is 1.44. The topological polar surface area (TPSA) is 127 Å². The normalized spacial score (nSPS) is 12.0. The molecule has 1 unspecified atom stereocenters. The number of carbonyl (C=O) groups is 1. The summed E-state index contributed by atoms with van der Waals surface area (Å²) < 4.78 is 7.23. The first kappa shape index (κ1) is 25.2. The smallest absolute Gasteiger partial charge is 0.294 e. The molecule has 0 fully saturated rings. The van der Waals surface area contributed by atoms with Crippen LogP contribution < -0.4 is 21.9 Å². The molecule has 0 saturated carbocycles. The lowest BCUT2D eigenvalue weighted by Crippen LogP contribution is -2.37. The standard InChI is InChI=1S/C27H32N6O3/c1-18-14-29-23-9-8-21(12-22(18)23)16-30-24(34)17-33-19(2)15-31-26(27(33)35)32-25(36-11-10-28)13-20-6-4-3-5-7-20/h3-9,12,14-15,25,29H,10-11,13,16-17,28H2,1-2H3,(H,30,34)(H,31,32). The van der Waals surface area contributed by atoms with Crippen LogP contribution >= 0.6 is 0 Å². The number of aromatic nitrogens is 3. The molecule has 0 aliphatic carbocycles. The van der Waals surface area contributed by atoms with Crippen LogP contribution in [0.5, 0.6) is 0 Å². The lowest BCUT2D eigenvalue weighted by Gasteiger charge is -2.20. The molecule has 0 saturated heterocycles. The Bertz CT molecular complexity index is 1380. The third kappa shape index (κ3) is 6.18. The van der Waals surface area contributed by atoms with Gasteiger partial charge in [0.15, 0.2) is 5.82 Å². The number of H-pyrrole nitrogens is 1. The van der Waals surface area contributed by atoms with Crippen LogP contribution in [0.4, 0.5) is 5.82 Å². The molecule has 0 aliphatic rings. The summed E-state index contributed by atoms with van der Waals surface area (Å²) in [5.74, 6) is -0.136. The molecular formula is C27H32N6O3. The molecule has 1 atom stereocenters. The van der Waals surface area contributed by atoms with E-state index in [0.717, 1.165) is 27.6 Å². The number of nitrogens with two attached hydrogens (primary N) is 1. The second-order valence-corrected chi connectivity index (χ2v) is 8.75. The molecule has 0 spiro atoms. The molecule has 0 radical (unpaired) electrons. The molecule has 36 heavy (non-hydrogen) atoms. The Morgan fingerprint density at radius 3 is 2.75 bits per heavy atom. The Morgan fingerprint density at radius 2 is 1.97 bits per heavy atom. The average Bonchev–Trinajstić information content (AvgIpc) is 3.26. The Labute approximate surface area is 209 Å². The minimum Gasteiger partial charge on any atom is -0.361 e. The van der Waals surface area contributed by atoms with Gasteiger partial charge in [0.1, 0.15) is 12.8 Å². The second-order valence-electron chi connectivity index (χ2n) is 8.75. The number of aromatic amines is 1. The first-order chi connectivity index (χ1) is 17.4. The van der Waals surface area contributed by atoms with Crippen LogP contribution in [0.2, 0.25) is 0 Å². The highest BCUT2D eigenvalue weighted by Crippen LogP contribution is 2.19. The maximum atomic E-state index is 13.2. The molecule has 5 N–H and O–H groups in total. The lowest BCUT2D eigenvalue weighted by molar-refractivity contribution is -0.121. The number of ether oxygens (including phenoxy) is 1. The molecule has 0 aliphatic heterocycles. The molecule has 9 nitrogen and oxygen atoms in total. The third-order valence-corrected chi connectivity index (χ3v) is 6.00. The van der Waals surface area contributed by atoms with E-state index >= 15 is 0 Å². The van der Waals surface area contributed by atoms with E-state index < -0.39 is 6.23 Å². The van der Waals surface area contributed by atoms with E-state index in [9.17, 15) is 9.59 Å². The SMILES string of the molecule is Cc1c[nH]c2ccc(CNC(=O)Cn3c(C)cnc(NC(Cc4ccccc4)OCCN)c3=O)cc12. The van der Waals surface area contributed by atoms with Crippen molar-refractivity contribution in [3.05, 3.63) is 93.7 Å². The number of nitrogens with one attached hydrogen (secondary N) is 3. The van der Waals surface area contributed by atoms with Crippen molar-refractivity contribution >= 4 is 22.6 Å². The van der Waals surface area contributed by atoms with E-state index in [1.54, 1.807) is 13.1 Å². The van der Waals surface area contributed by atoms with Crippen molar-refractivity contribution in [2.45, 2.75) is 39.6 Å². The van der Waals surface area contributed by atoms with Gasteiger partial charge in [-0.25, -0.2) is 4.98 Å². The lowest BCUT2D eigenvalue weighted by atomic mass is 10.1. The van der Waals surface area contributed by atoms with E-state index in [4.69, 9.17) is 10.5 Å². The van der Waals surface area contributed by atoms with Gasteiger partial charge in [0.2, 0.25) is 5.91 Å². The number of fused-ring (bicyclic) bond motifs is 1. The first-order valence-corrected chi connectivity index (χ1v) is 12.0. The van der Waals surface area contributed by atoms with Crippen molar-refractivity contribution in [3.63, 3.8) is 0 Å². The Kier molecular flexibility index (Phi) is 8.14. The molecule has 9 heteroatoms. The molecule has 4 aromatic rings. The Morgan fingerprint density at radius 1 is 1.17 bits per heavy atom. The third-order valence-electron chi connectivity index (χ3n) is 6.00. The minimum atomic E-state index is -0.493. The van der Waals surface area contributed by atoms with Crippen LogP contribution in [0.1, 0.15) is 22.4 Å². The van der Waals surface area contributed by atoms with Gasteiger partial charge in [-0.3, -0.25) is 14.2 Å². The molecule has 2 aromatic carbocycles. The number of nitrogens with zero attached hydrogens (tertiary/aromatic N) is 2. The van der Waals surface area contributed by atoms with Crippen molar-refractivity contribution in [3.8, 4) is 0 Å². The second kappa shape index (κ2) is 11.7. The van der Waals surface area contributed by atoms with Crippen molar-refractivity contribution < 1.29 is 9.53 Å². The Hall–Kier alpha value is -3.95. The summed E-state index contributed by atoms with van der Waals surface area (Å²) in [5.41, 5.74) is 10.1. The fourth-order valence-corrected chi connectivity index (χ4v) is 4.03. The zero-order valence-corrected chi connectivity index (χ0v) is 20.6. The molecule has 2 heterocycles. The number of rotatable bonds is 11. The van der Waals surface area contributed by atoms with E-state index in [1.165, 1.54) is 4.57 Å². The number of anilines is 1. The van der Waals surface area contributed by atoms with Crippen molar-refractivity contribution in [1.29, 1.82) is 0 Å². The molecule has 188 valence electrons. The van der Waals surface area contributed by atoms with Gasteiger partial charge in [0, 0.05) is 48.5 Å². The summed E-state index contributed by atoms with van der Waals surface area (Å²) in [6, 6.07) is 15.8. The summed E-state index contributed by atoms with van der Waals surface area (Å²) in [6.45, 7) is 4.74. The molecule has 4 rings (SSSR count). The number of carbonyl (C=O) groups excluding carboxylic acids is 1. The van der Waals surface area contributed by atoms with Crippen LogP contribution in [0.15, 0.2) is 65.7 Å². The van der Waals surface area contributed by atoms with Gasteiger partial charge in [-0.1, -0.05) is 36.4 Å². The number of amides is 1. The van der Waals surface area contributed by atoms with Gasteiger partial charge in [-0.2, -0.15) is 0 Å². The quantitative estimate of drug-likeness (QED) is 0.240. The summed E-state index contributed by atoms with van der Waals surface area (Å²) in [5, 5.41) is 7.13. The minimum absolute atomic E-state index is 0.111. The van der Waals surface area contributed by atoms with Gasteiger partial charge >= 0.3 is 0 Å². The van der Waals surface area contributed by atoms with Crippen LogP contribution in [-0.4, -0.2) is 39.8 Å². The molecule has 2 aromatic heterocycles. The summed E-state index contributed by atoms with van der Waals surface area (Å²) >= 11 is 0. The summed E-state index contributed by atoms with van der Waals surface area (Å²) in [4.78, 5) is 33.4. The van der Waals surface area contributed by atoms with Gasteiger partial charge in [-0.15, -0.1) is 0 Å². The number of benzene rings is 2. The van der Waals surface area contributed by atoms with Crippen LogP contribution in [-0.2, 0) is 29.0 Å². The van der Waals surface area contributed by atoms with Crippen molar-refractivity contribution in [1.82, 2.24) is 19.9 Å². The van der Waals surface area contributed by atoms with E-state index in [1.807, 2.05) is 55.6 Å². The largest absolute Gasteiger partial charge is 0.361 e. The first-order valence-electron chi connectivity index (χ1n) is 12.0. The van der Waals surface area contributed by atoms with Crippen LogP contribution in [0, 0.1) is 13.8 Å². The van der Waals surface area contributed by atoms with Crippen molar-refractivity contribution in [2.75, 3.05) is 18.5 Å². The monoisotopic (exact) mass is 488 g/mol. The zero-order chi connectivity index (χ0) is 25.5. The number of hydrogen-bond acceptors (Lipinski definition) is 6. The fourth-order valence-electron chi connectivity index (χ4n) is 4.03. The van der Waals surface area contributed by atoms with Gasteiger partial charge in [0.05, 0.1) is 6.61 Å². The maximum absolute atomic E-state index is 13.2. The molecule has 0 bridgehead atoms. The highest BCUT2D eigenvalue weighted by Gasteiger charge is 2.16.